The van der Waals surface area contributed by atoms with Crippen LogP contribution < -0.4 is 0 Å². The Balaban J connectivity index is 1.83. The third kappa shape index (κ3) is 3.12. The van der Waals surface area contributed by atoms with Gasteiger partial charge in [0.05, 0.1) is 10.9 Å². The van der Waals surface area contributed by atoms with Crippen LogP contribution in [0.1, 0.15) is 57.0 Å². The van der Waals surface area contributed by atoms with Gasteiger partial charge in [0, 0.05) is 25.8 Å². The van der Waals surface area contributed by atoms with Crippen LogP contribution in [0.25, 0.3) is 0 Å². The Bertz CT molecular complexity index is 624. The van der Waals surface area contributed by atoms with Crippen molar-refractivity contribution in [2.24, 2.45) is 17.8 Å². The number of imidazole rings is 1. The largest absolute Gasteiger partial charge is 0.348 e. The van der Waals surface area contributed by atoms with Crippen LogP contribution in [-0.2, 0) is 4.79 Å². The molecule has 0 aromatic carbocycles. The number of fused-ring (bicyclic) bond motifs is 2. The minimum atomic E-state index is -0.104. The zero-order valence-electron chi connectivity index (χ0n) is 15.9. The number of rotatable bonds is 5. The number of carbonyl (C=O) groups is 1. The summed E-state index contributed by atoms with van der Waals surface area (Å²) in [6.07, 6.45) is 5.65. The maximum Gasteiger partial charge on any atom is 0.235 e. The molecule has 2 saturated carbocycles. The minimum Gasteiger partial charge on any atom is -0.348 e. The Morgan fingerprint density at radius 3 is 2.50 bits per heavy atom. The van der Waals surface area contributed by atoms with E-state index in [-0.39, 0.29) is 11.2 Å². The topological polar surface area (TPSA) is 38.1 Å². The summed E-state index contributed by atoms with van der Waals surface area (Å²) in [5.74, 6) is 2.77. The fraction of sp³-hybridized carbons (Fsp3) is 0.789. The third-order valence-electron chi connectivity index (χ3n) is 6.24. The van der Waals surface area contributed by atoms with Gasteiger partial charge in [0.1, 0.15) is 0 Å². The Kier molecular flexibility index (Phi) is 5.01. The van der Waals surface area contributed by atoms with Crippen LogP contribution in [0.15, 0.2) is 5.16 Å². The van der Waals surface area contributed by atoms with Crippen LogP contribution in [0.3, 0.4) is 0 Å². The smallest absolute Gasteiger partial charge is 0.235 e. The molecule has 0 spiro atoms. The van der Waals surface area contributed by atoms with Crippen molar-refractivity contribution in [3.8, 4) is 0 Å². The van der Waals surface area contributed by atoms with Gasteiger partial charge in [-0.2, -0.15) is 0 Å². The molecule has 0 unspecified atom stereocenters. The Labute approximate surface area is 150 Å². The van der Waals surface area contributed by atoms with E-state index in [0.29, 0.717) is 6.04 Å². The van der Waals surface area contributed by atoms with E-state index in [4.69, 9.17) is 4.98 Å². The van der Waals surface area contributed by atoms with E-state index in [1.165, 1.54) is 31.4 Å². The molecule has 0 aliphatic heterocycles. The number of thioether (sulfide) groups is 1. The summed E-state index contributed by atoms with van der Waals surface area (Å²) in [6, 6.07) is 0.477. The van der Waals surface area contributed by atoms with Crippen molar-refractivity contribution in [2.45, 2.75) is 69.8 Å². The van der Waals surface area contributed by atoms with Gasteiger partial charge in [-0.15, -0.1) is 0 Å². The van der Waals surface area contributed by atoms with Gasteiger partial charge in [0.15, 0.2) is 5.16 Å². The summed E-state index contributed by atoms with van der Waals surface area (Å²) in [5.41, 5.74) is 2.36. The number of aromatic nitrogens is 2. The molecule has 0 N–H and O–H groups in total. The quantitative estimate of drug-likeness (QED) is 0.752. The summed E-state index contributed by atoms with van der Waals surface area (Å²) in [4.78, 5) is 18.7. The number of amides is 1. The maximum absolute atomic E-state index is 12.2. The highest BCUT2D eigenvalue weighted by Crippen LogP contribution is 2.52. The Morgan fingerprint density at radius 1 is 1.25 bits per heavy atom. The standard InChI is InChI=1S/C19H31N3OS/c1-11-12(2)22(13(3)17-10-15-7-8-16(17)9-15)19(20-11)24-14(4)18(23)21(5)6/h13-17H,7-10H2,1-6H3/t13-,14+,15-,16-,17-/m0/s1. The molecule has 2 bridgehead atoms. The van der Waals surface area contributed by atoms with E-state index < -0.39 is 0 Å². The second-order valence-electron chi connectivity index (χ2n) is 8.01. The highest BCUT2D eigenvalue weighted by molar-refractivity contribution is 8.00. The molecule has 5 heteroatoms. The summed E-state index contributed by atoms with van der Waals surface area (Å²) < 4.78 is 2.42. The first-order valence-electron chi connectivity index (χ1n) is 9.22. The molecule has 2 aliphatic carbocycles. The molecular formula is C19H31N3OS. The Morgan fingerprint density at radius 2 is 1.96 bits per heavy atom. The van der Waals surface area contributed by atoms with E-state index in [1.54, 1.807) is 16.7 Å². The van der Waals surface area contributed by atoms with Gasteiger partial charge in [-0.1, -0.05) is 18.2 Å². The molecule has 1 aromatic heterocycles. The van der Waals surface area contributed by atoms with Gasteiger partial charge >= 0.3 is 0 Å². The van der Waals surface area contributed by atoms with Gasteiger partial charge in [-0.3, -0.25) is 4.79 Å². The number of hydrogen-bond acceptors (Lipinski definition) is 3. The van der Waals surface area contributed by atoms with Crippen LogP contribution in [0.4, 0.5) is 0 Å². The average Bonchev–Trinajstić information content (AvgIpc) is 3.22. The molecule has 3 rings (SSSR count). The molecule has 0 saturated heterocycles. The van der Waals surface area contributed by atoms with E-state index in [9.17, 15) is 4.79 Å². The number of aryl methyl sites for hydroxylation is 1. The first-order chi connectivity index (χ1) is 11.3. The van der Waals surface area contributed by atoms with Gasteiger partial charge in [0.2, 0.25) is 5.91 Å². The fourth-order valence-electron chi connectivity index (χ4n) is 4.81. The zero-order valence-corrected chi connectivity index (χ0v) is 16.7. The summed E-state index contributed by atoms with van der Waals surface area (Å²) in [7, 11) is 3.64. The van der Waals surface area contributed by atoms with Gasteiger partial charge < -0.3 is 9.47 Å². The van der Waals surface area contributed by atoms with Gasteiger partial charge in [0.25, 0.3) is 0 Å². The van der Waals surface area contributed by atoms with E-state index in [2.05, 4.69) is 25.3 Å². The Hall–Kier alpha value is -0.970. The fourth-order valence-corrected chi connectivity index (χ4v) is 6.04. The summed E-state index contributed by atoms with van der Waals surface area (Å²) in [6.45, 7) is 8.61. The van der Waals surface area contributed by atoms with Crippen molar-refractivity contribution in [1.82, 2.24) is 14.5 Å². The minimum absolute atomic E-state index is 0.104. The summed E-state index contributed by atoms with van der Waals surface area (Å²) >= 11 is 1.61. The van der Waals surface area contributed by atoms with Crippen LogP contribution in [0, 0.1) is 31.6 Å². The second kappa shape index (κ2) is 6.74. The lowest BCUT2D eigenvalue weighted by molar-refractivity contribution is -0.127. The van der Waals surface area contributed by atoms with Crippen molar-refractivity contribution in [1.29, 1.82) is 0 Å². The third-order valence-corrected chi connectivity index (χ3v) is 7.30. The van der Waals surface area contributed by atoms with E-state index in [1.807, 2.05) is 21.0 Å². The molecule has 1 amide bonds. The van der Waals surface area contributed by atoms with Gasteiger partial charge in [-0.05, 0) is 64.7 Å². The van der Waals surface area contributed by atoms with Crippen molar-refractivity contribution in [3.05, 3.63) is 11.4 Å². The molecule has 4 nitrogen and oxygen atoms in total. The lowest BCUT2D eigenvalue weighted by atomic mass is 9.84. The SMILES string of the molecule is Cc1nc(S[C@H](C)C(=O)N(C)C)n([C@@H](C)[C@@H]2C[C@H]3CC[C@H]2C3)c1C. The molecule has 5 atom stereocenters. The predicted molar refractivity (Wildman–Crippen MR) is 99.4 cm³/mol. The van der Waals surface area contributed by atoms with Crippen LogP contribution >= 0.6 is 11.8 Å². The number of carbonyl (C=O) groups excluding carboxylic acids is 1. The molecule has 134 valence electrons. The highest BCUT2D eigenvalue weighted by atomic mass is 32.2. The molecule has 0 radical (unpaired) electrons. The molecule has 24 heavy (non-hydrogen) atoms. The number of hydrogen-bond donors (Lipinski definition) is 0. The van der Waals surface area contributed by atoms with Crippen LogP contribution in [0.5, 0.6) is 0 Å². The maximum atomic E-state index is 12.2. The van der Waals surface area contributed by atoms with Crippen LogP contribution in [-0.4, -0.2) is 39.7 Å². The van der Waals surface area contributed by atoms with Gasteiger partial charge in [-0.25, -0.2) is 4.98 Å². The van der Waals surface area contributed by atoms with Crippen molar-refractivity contribution in [2.75, 3.05) is 14.1 Å². The number of nitrogens with zero attached hydrogens (tertiary/aromatic N) is 3. The zero-order chi connectivity index (χ0) is 17.6. The molecule has 2 aliphatic rings. The lowest BCUT2D eigenvalue weighted by Crippen LogP contribution is -2.30. The monoisotopic (exact) mass is 349 g/mol. The first kappa shape index (κ1) is 17.8. The molecule has 2 fully saturated rings. The van der Waals surface area contributed by atoms with Crippen molar-refractivity contribution < 1.29 is 4.79 Å². The predicted octanol–water partition coefficient (Wildman–Crippen LogP) is 4.07. The van der Waals surface area contributed by atoms with Crippen molar-refractivity contribution >= 4 is 17.7 Å². The molecule has 1 aromatic rings. The molecular weight excluding hydrogens is 318 g/mol. The first-order valence-corrected chi connectivity index (χ1v) is 10.1. The normalized spacial score (nSPS) is 28.2. The second-order valence-corrected chi connectivity index (χ2v) is 9.32. The molecule has 1 heterocycles. The van der Waals surface area contributed by atoms with E-state index in [0.717, 1.165) is 28.6 Å². The van der Waals surface area contributed by atoms with Crippen molar-refractivity contribution in [3.63, 3.8) is 0 Å². The van der Waals surface area contributed by atoms with Crippen LogP contribution in [0.2, 0.25) is 0 Å². The van der Waals surface area contributed by atoms with E-state index >= 15 is 0 Å². The lowest BCUT2D eigenvalue weighted by Gasteiger charge is -2.31. The average molecular weight is 350 g/mol. The summed E-state index contributed by atoms with van der Waals surface area (Å²) in [5, 5.41) is 0.912. The highest BCUT2D eigenvalue weighted by Gasteiger charge is 2.43.